The molecule has 0 unspecified atom stereocenters. The molecule has 0 bridgehead atoms. The van der Waals surface area contributed by atoms with Crippen LogP contribution in [0.4, 0.5) is 0 Å². The van der Waals surface area contributed by atoms with Crippen molar-refractivity contribution in [1.29, 1.82) is 0 Å². The van der Waals surface area contributed by atoms with Gasteiger partial charge < -0.3 is 14.3 Å². The monoisotopic (exact) mass is 283 g/mol. The summed E-state index contributed by atoms with van der Waals surface area (Å²) in [6.07, 6.45) is 3.73. The van der Waals surface area contributed by atoms with Gasteiger partial charge in [-0.05, 0) is 32.0 Å². The lowest BCUT2D eigenvalue weighted by Crippen LogP contribution is -2.37. The van der Waals surface area contributed by atoms with Crippen molar-refractivity contribution in [3.63, 3.8) is 0 Å². The molecule has 4 rings (SSSR count). The SMILES string of the molecule is CC1(c2nc(-c3coc4ccccc34)no2)CCNCC1. The number of rotatable bonds is 2. The van der Waals surface area contributed by atoms with E-state index in [9.17, 15) is 0 Å². The van der Waals surface area contributed by atoms with Gasteiger partial charge in [0.25, 0.3) is 0 Å². The Morgan fingerprint density at radius 2 is 2.00 bits per heavy atom. The molecule has 2 aromatic heterocycles. The highest BCUT2D eigenvalue weighted by atomic mass is 16.5. The van der Waals surface area contributed by atoms with Crippen LogP contribution in [-0.4, -0.2) is 23.2 Å². The highest BCUT2D eigenvalue weighted by molar-refractivity contribution is 5.91. The summed E-state index contributed by atoms with van der Waals surface area (Å²) in [7, 11) is 0. The van der Waals surface area contributed by atoms with Crippen LogP contribution in [0.5, 0.6) is 0 Å². The Balaban J connectivity index is 1.74. The number of aromatic nitrogens is 2. The number of hydrogen-bond donors (Lipinski definition) is 1. The number of fused-ring (bicyclic) bond motifs is 1. The highest BCUT2D eigenvalue weighted by Gasteiger charge is 2.34. The molecule has 1 N–H and O–H groups in total. The van der Waals surface area contributed by atoms with Gasteiger partial charge in [-0.2, -0.15) is 4.98 Å². The summed E-state index contributed by atoms with van der Waals surface area (Å²) in [6, 6.07) is 7.88. The van der Waals surface area contributed by atoms with E-state index in [1.54, 1.807) is 6.26 Å². The molecule has 0 saturated carbocycles. The third-order valence-corrected chi connectivity index (χ3v) is 4.37. The van der Waals surface area contributed by atoms with Gasteiger partial charge in [0, 0.05) is 10.8 Å². The lowest BCUT2D eigenvalue weighted by molar-refractivity contribution is 0.241. The summed E-state index contributed by atoms with van der Waals surface area (Å²) in [5.41, 5.74) is 1.70. The van der Waals surface area contributed by atoms with E-state index in [2.05, 4.69) is 22.4 Å². The first-order chi connectivity index (χ1) is 10.3. The van der Waals surface area contributed by atoms with E-state index in [0.717, 1.165) is 48.4 Å². The molecular weight excluding hydrogens is 266 g/mol. The molecule has 0 spiro atoms. The number of nitrogens with zero attached hydrogens (tertiary/aromatic N) is 2. The van der Waals surface area contributed by atoms with Crippen molar-refractivity contribution in [2.45, 2.75) is 25.2 Å². The van der Waals surface area contributed by atoms with Crippen molar-refractivity contribution in [2.75, 3.05) is 13.1 Å². The molecule has 1 aliphatic rings. The molecule has 0 aliphatic carbocycles. The van der Waals surface area contributed by atoms with Gasteiger partial charge in [0.2, 0.25) is 11.7 Å². The zero-order valence-electron chi connectivity index (χ0n) is 11.9. The quantitative estimate of drug-likeness (QED) is 0.782. The first kappa shape index (κ1) is 12.6. The maximum absolute atomic E-state index is 5.55. The van der Waals surface area contributed by atoms with Crippen molar-refractivity contribution in [1.82, 2.24) is 15.5 Å². The summed E-state index contributed by atoms with van der Waals surface area (Å²) in [5, 5.41) is 8.54. The minimum absolute atomic E-state index is 0.0317. The molecular formula is C16H17N3O2. The summed E-state index contributed by atoms with van der Waals surface area (Å²) in [5.74, 6) is 1.33. The number of benzene rings is 1. The molecule has 0 atom stereocenters. The highest BCUT2D eigenvalue weighted by Crippen LogP contribution is 2.34. The number of piperidine rings is 1. The van der Waals surface area contributed by atoms with E-state index in [1.165, 1.54) is 0 Å². The van der Waals surface area contributed by atoms with Gasteiger partial charge in [0.15, 0.2) is 0 Å². The van der Waals surface area contributed by atoms with E-state index in [0.29, 0.717) is 5.82 Å². The maximum Gasteiger partial charge on any atom is 0.232 e. The largest absolute Gasteiger partial charge is 0.464 e. The molecule has 21 heavy (non-hydrogen) atoms. The molecule has 3 heterocycles. The zero-order chi connectivity index (χ0) is 14.3. The molecule has 108 valence electrons. The van der Waals surface area contributed by atoms with Crippen molar-refractivity contribution in [3.8, 4) is 11.4 Å². The normalized spacial score (nSPS) is 18.1. The standard InChI is InChI=1S/C16H17N3O2/c1-16(6-8-17-9-7-16)15-18-14(19-21-15)12-10-20-13-5-3-2-4-11(12)13/h2-5,10,17H,6-9H2,1H3. The predicted molar refractivity (Wildman–Crippen MR) is 79.0 cm³/mol. The fraction of sp³-hybridized carbons (Fsp3) is 0.375. The minimum Gasteiger partial charge on any atom is -0.464 e. The van der Waals surface area contributed by atoms with Gasteiger partial charge in [0.1, 0.15) is 11.8 Å². The van der Waals surface area contributed by atoms with E-state index in [1.807, 2.05) is 24.3 Å². The van der Waals surface area contributed by atoms with Crippen LogP contribution >= 0.6 is 0 Å². The van der Waals surface area contributed by atoms with E-state index in [-0.39, 0.29) is 5.41 Å². The van der Waals surface area contributed by atoms with Crippen molar-refractivity contribution in [2.24, 2.45) is 0 Å². The van der Waals surface area contributed by atoms with Crippen molar-refractivity contribution >= 4 is 11.0 Å². The van der Waals surface area contributed by atoms with Gasteiger partial charge in [-0.15, -0.1) is 0 Å². The fourth-order valence-corrected chi connectivity index (χ4v) is 2.92. The van der Waals surface area contributed by atoms with Crippen LogP contribution in [0.15, 0.2) is 39.5 Å². The average Bonchev–Trinajstić information content (AvgIpc) is 3.15. The summed E-state index contributed by atoms with van der Waals surface area (Å²) < 4.78 is 11.1. The first-order valence-electron chi connectivity index (χ1n) is 7.28. The van der Waals surface area contributed by atoms with Gasteiger partial charge in [-0.25, -0.2) is 0 Å². The van der Waals surface area contributed by atoms with E-state index < -0.39 is 0 Å². The molecule has 5 heteroatoms. The third kappa shape index (κ3) is 2.05. The van der Waals surface area contributed by atoms with Crippen LogP contribution < -0.4 is 5.32 Å². The minimum atomic E-state index is -0.0317. The van der Waals surface area contributed by atoms with Crippen LogP contribution in [-0.2, 0) is 5.41 Å². The number of furan rings is 1. The second kappa shape index (κ2) is 4.70. The Morgan fingerprint density at radius 1 is 1.19 bits per heavy atom. The van der Waals surface area contributed by atoms with Crippen molar-refractivity contribution in [3.05, 3.63) is 36.4 Å². The Kier molecular flexibility index (Phi) is 2.82. The predicted octanol–water partition coefficient (Wildman–Crippen LogP) is 3.12. The topological polar surface area (TPSA) is 64.1 Å². The first-order valence-corrected chi connectivity index (χ1v) is 7.28. The number of nitrogens with one attached hydrogen (secondary N) is 1. The molecule has 1 aromatic carbocycles. The fourth-order valence-electron chi connectivity index (χ4n) is 2.92. The Labute approximate surface area is 122 Å². The third-order valence-electron chi connectivity index (χ3n) is 4.37. The Hall–Kier alpha value is -2.14. The summed E-state index contributed by atoms with van der Waals surface area (Å²) in [4.78, 5) is 4.63. The average molecular weight is 283 g/mol. The Bertz CT molecular complexity index is 769. The molecule has 1 fully saturated rings. The number of hydrogen-bond acceptors (Lipinski definition) is 5. The molecule has 1 aliphatic heterocycles. The van der Waals surface area contributed by atoms with Crippen LogP contribution in [0.25, 0.3) is 22.4 Å². The van der Waals surface area contributed by atoms with Gasteiger partial charge in [-0.3, -0.25) is 0 Å². The van der Waals surface area contributed by atoms with E-state index in [4.69, 9.17) is 8.94 Å². The summed E-state index contributed by atoms with van der Waals surface area (Å²) in [6.45, 7) is 4.17. The van der Waals surface area contributed by atoms with Gasteiger partial charge in [0.05, 0.1) is 5.56 Å². The lowest BCUT2D eigenvalue weighted by atomic mass is 9.81. The summed E-state index contributed by atoms with van der Waals surface area (Å²) >= 11 is 0. The Morgan fingerprint density at radius 3 is 2.86 bits per heavy atom. The smallest absolute Gasteiger partial charge is 0.232 e. The second-order valence-corrected chi connectivity index (χ2v) is 5.88. The maximum atomic E-state index is 5.55. The van der Waals surface area contributed by atoms with Crippen LogP contribution in [0, 0.1) is 0 Å². The lowest BCUT2D eigenvalue weighted by Gasteiger charge is -2.30. The van der Waals surface area contributed by atoms with Crippen molar-refractivity contribution < 1.29 is 8.94 Å². The van der Waals surface area contributed by atoms with Gasteiger partial charge >= 0.3 is 0 Å². The molecule has 3 aromatic rings. The second-order valence-electron chi connectivity index (χ2n) is 5.88. The molecule has 5 nitrogen and oxygen atoms in total. The van der Waals surface area contributed by atoms with Crippen LogP contribution in [0.3, 0.4) is 0 Å². The number of para-hydroxylation sites is 1. The molecule has 0 radical (unpaired) electrons. The van der Waals surface area contributed by atoms with Crippen LogP contribution in [0.1, 0.15) is 25.7 Å². The molecule has 0 amide bonds. The van der Waals surface area contributed by atoms with Gasteiger partial charge in [-0.1, -0.05) is 30.3 Å². The van der Waals surface area contributed by atoms with Crippen LogP contribution in [0.2, 0.25) is 0 Å². The zero-order valence-corrected chi connectivity index (χ0v) is 11.9. The molecule has 1 saturated heterocycles. The van der Waals surface area contributed by atoms with E-state index >= 15 is 0 Å².